The second-order valence-corrected chi connectivity index (χ2v) is 8.22. The lowest BCUT2D eigenvalue weighted by atomic mass is 10.0. The summed E-state index contributed by atoms with van der Waals surface area (Å²) in [5, 5.41) is 13.1. The van der Waals surface area contributed by atoms with Crippen LogP contribution in [0.4, 0.5) is 0 Å². The number of aromatic amines is 1. The first-order valence-corrected chi connectivity index (χ1v) is 11.1. The van der Waals surface area contributed by atoms with E-state index in [-0.39, 0.29) is 24.8 Å². The number of carbonyl (C=O) groups excluding carboxylic acids is 2. The molecule has 0 bridgehead atoms. The summed E-state index contributed by atoms with van der Waals surface area (Å²) in [5.41, 5.74) is 3.22. The molecule has 174 valence electrons. The topological polar surface area (TPSA) is 115 Å². The number of aryl methyl sites for hydroxylation is 2. The van der Waals surface area contributed by atoms with Crippen molar-refractivity contribution in [2.45, 2.75) is 44.6 Å². The van der Waals surface area contributed by atoms with Gasteiger partial charge in [0.1, 0.15) is 0 Å². The molecule has 33 heavy (non-hydrogen) atoms. The van der Waals surface area contributed by atoms with Crippen molar-refractivity contribution in [3.05, 3.63) is 66.1 Å². The predicted octanol–water partition coefficient (Wildman–Crippen LogP) is 2.94. The van der Waals surface area contributed by atoms with Crippen LogP contribution in [-0.2, 0) is 27.2 Å². The highest BCUT2D eigenvalue weighted by Crippen LogP contribution is 2.20. The maximum atomic E-state index is 12.5. The molecule has 3 aromatic rings. The number of likely N-dealkylation sites (N-methyl/N-ethyl adjacent to an activating group) is 1. The van der Waals surface area contributed by atoms with E-state index in [0.29, 0.717) is 25.7 Å². The van der Waals surface area contributed by atoms with Crippen LogP contribution in [0.2, 0.25) is 0 Å². The summed E-state index contributed by atoms with van der Waals surface area (Å²) in [7, 11) is 1.59. The van der Waals surface area contributed by atoms with Crippen LogP contribution in [-0.4, -0.2) is 57.4 Å². The maximum absolute atomic E-state index is 12.5. The fraction of sp³-hybridized carbons (Fsp3) is 0.360. The number of pyridine rings is 1. The Kier molecular flexibility index (Phi) is 8.57. The number of carbonyl (C=O) groups is 3. The quantitative estimate of drug-likeness (QED) is 0.392. The van der Waals surface area contributed by atoms with Gasteiger partial charge in [-0.3, -0.25) is 19.4 Å². The van der Waals surface area contributed by atoms with Gasteiger partial charge in [-0.2, -0.15) is 0 Å². The van der Waals surface area contributed by atoms with Gasteiger partial charge in [-0.25, -0.2) is 0 Å². The monoisotopic (exact) mass is 450 g/mol. The van der Waals surface area contributed by atoms with Gasteiger partial charge in [0.15, 0.2) is 0 Å². The van der Waals surface area contributed by atoms with E-state index in [0.717, 1.165) is 28.5 Å². The minimum atomic E-state index is -0.972. The summed E-state index contributed by atoms with van der Waals surface area (Å²) >= 11 is 0. The molecule has 2 aromatic heterocycles. The highest BCUT2D eigenvalue weighted by molar-refractivity contribution is 5.85. The van der Waals surface area contributed by atoms with Crippen molar-refractivity contribution < 1.29 is 19.5 Å². The molecule has 8 nitrogen and oxygen atoms in total. The van der Waals surface area contributed by atoms with Gasteiger partial charge in [-0.1, -0.05) is 18.2 Å². The number of hydrogen-bond donors (Lipinski definition) is 3. The Labute approximate surface area is 193 Å². The van der Waals surface area contributed by atoms with Crippen LogP contribution < -0.4 is 5.32 Å². The van der Waals surface area contributed by atoms with Crippen molar-refractivity contribution in [2.75, 3.05) is 13.6 Å². The van der Waals surface area contributed by atoms with Gasteiger partial charge in [0.25, 0.3) is 0 Å². The Bertz CT molecular complexity index is 1080. The average molecular weight is 451 g/mol. The number of benzene rings is 1. The van der Waals surface area contributed by atoms with E-state index >= 15 is 0 Å². The molecular weight excluding hydrogens is 420 g/mol. The number of fused-ring (bicyclic) bond motifs is 1. The molecule has 2 heterocycles. The average Bonchev–Trinajstić information content (AvgIpc) is 3.21. The number of nitrogens with zero attached hydrogens (tertiary/aromatic N) is 2. The number of carboxylic acid groups (broad SMARTS) is 1. The fourth-order valence-corrected chi connectivity index (χ4v) is 3.87. The first kappa shape index (κ1) is 24.0. The van der Waals surface area contributed by atoms with Gasteiger partial charge in [0.2, 0.25) is 11.8 Å². The van der Waals surface area contributed by atoms with Gasteiger partial charge >= 0.3 is 5.97 Å². The number of para-hydroxylation sites is 1. The van der Waals surface area contributed by atoms with E-state index < -0.39 is 12.0 Å². The number of nitrogens with one attached hydrogen (secondary N) is 2. The van der Waals surface area contributed by atoms with E-state index in [2.05, 4.69) is 15.3 Å². The smallest absolute Gasteiger partial charge is 0.305 e. The normalized spacial score (nSPS) is 11.8. The number of aliphatic carboxylic acids is 1. The largest absolute Gasteiger partial charge is 0.481 e. The molecule has 1 unspecified atom stereocenters. The summed E-state index contributed by atoms with van der Waals surface area (Å²) in [5.74, 6) is -1.45. The molecule has 1 atom stereocenters. The summed E-state index contributed by atoms with van der Waals surface area (Å²) in [6, 6.07) is 11.2. The van der Waals surface area contributed by atoms with Gasteiger partial charge in [-0.05, 0) is 55.0 Å². The number of amides is 2. The van der Waals surface area contributed by atoms with Crippen LogP contribution in [0.25, 0.3) is 10.9 Å². The SMILES string of the molecule is CN(CC(=O)NC(CCc1c[nH]c2ccccc12)CC(=O)O)C(=O)CCCc1ccncc1. The van der Waals surface area contributed by atoms with Crippen molar-refractivity contribution in [2.24, 2.45) is 0 Å². The van der Waals surface area contributed by atoms with E-state index in [4.69, 9.17) is 0 Å². The molecule has 0 spiro atoms. The molecule has 1 aromatic carbocycles. The van der Waals surface area contributed by atoms with Crippen LogP contribution >= 0.6 is 0 Å². The lowest BCUT2D eigenvalue weighted by Gasteiger charge is -2.21. The molecule has 2 amide bonds. The maximum Gasteiger partial charge on any atom is 0.305 e. The number of hydrogen-bond acceptors (Lipinski definition) is 4. The molecule has 0 saturated carbocycles. The first-order chi connectivity index (χ1) is 15.9. The minimum absolute atomic E-state index is 0.0999. The highest BCUT2D eigenvalue weighted by atomic mass is 16.4. The van der Waals surface area contributed by atoms with Crippen LogP contribution in [0.3, 0.4) is 0 Å². The van der Waals surface area contributed by atoms with Crippen LogP contribution in [0.1, 0.15) is 36.8 Å². The molecule has 0 aliphatic rings. The van der Waals surface area contributed by atoms with Crippen molar-refractivity contribution in [3.8, 4) is 0 Å². The molecule has 0 saturated heterocycles. The van der Waals surface area contributed by atoms with Crippen molar-refractivity contribution in [1.82, 2.24) is 20.2 Å². The molecular formula is C25H30N4O4. The Hall–Kier alpha value is -3.68. The Morgan fingerprint density at radius 2 is 1.88 bits per heavy atom. The lowest BCUT2D eigenvalue weighted by Crippen LogP contribution is -2.43. The number of H-pyrrole nitrogens is 1. The minimum Gasteiger partial charge on any atom is -0.481 e. The molecule has 0 aliphatic carbocycles. The molecule has 0 radical (unpaired) electrons. The molecule has 8 heteroatoms. The molecule has 3 N–H and O–H groups in total. The van der Waals surface area contributed by atoms with Crippen LogP contribution in [0, 0.1) is 0 Å². The second-order valence-electron chi connectivity index (χ2n) is 8.22. The zero-order valence-corrected chi connectivity index (χ0v) is 18.8. The van der Waals surface area contributed by atoms with E-state index in [1.165, 1.54) is 4.90 Å². The number of rotatable bonds is 12. The summed E-state index contributed by atoms with van der Waals surface area (Å²) in [6.07, 6.45) is 8.10. The number of carboxylic acids is 1. The summed E-state index contributed by atoms with van der Waals surface area (Å²) < 4.78 is 0. The van der Waals surface area contributed by atoms with Gasteiger partial charge in [-0.15, -0.1) is 0 Å². The predicted molar refractivity (Wildman–Crippen MR) is 126 cm³/mol. The van der Waals surface area contributed by atoms with Gasteiger partial charge < -0.3 is 20.3 Å². The van der Waals surface area contributed by atoms with E-state index in [1.54, 1.807) is 19.4 Å². The standard InChI is InChI=1S/C25H30N4O4/c1-29(24(31)8-4-5-18-11-13-26-14-12-18)17-23(30)28-20(15-25(32)33)10-9-19-16-27-22-7-3-2-6-21(19)22/h2-3,6-7,11-14,16,20,27H,4-5,8-10,15,17H2,1H3,(H,28,30)(H,32,33). The molecule has 3 rings (SSSR count). The van der Waals surface area contributed by atoms with Crippen molar-refractivity contribution >= 4 is 28.7 Å². The lowest BCUT2D eigenvalue weighted by molar-refractivity contribution is -0.138. The summed E-state index contributed by atoms with van der Waals surface area (Å²) in [4.78, 5) is 44.8. The third-order valence-electron chi connectivity index (χ3n) is 5.64. The third kappa shape index (κ3) is 7.45. The Morgan fingerprint density at radius 3 is 2.64 bits per heavy atom. The van der Waals surface area contributed by atoms with Crippen LogP contribution in [0.5, 0.6) is 0 Å². The van der Waals surface area contributed by atoms with E-state index in [9.17, 15) is 19.5 Å². The van der Waals surface area contributed by atoms with Crippen LogP contribution in [0.15, 0.2) is 55.0 Å². The summed E-state index contributed by atoms with van der Waals surface area (Å²) in [6.45, 7) is -0.0999. The molecule has 0 fully saturated rings. The Balaban J connectivity index is 1.47. The fourth-order valence-electron chi connectivity index (χ4n) is 3.87. The van der Waals surface area contributed by atoms with Crippen molar-refractivity contribution in [3.63, 3.8) is 0 Å². The van der Waals surface area contributed by atoms with Gasteiger partial charge in [0, 0.05) is 49.0 Å². The zero-order valence-electron chi connectivity index (χ0n) is 18.8. The van der Waals surface area contributed by atoms with Crippen molar-refractivity contribution in [1.29, 1.82) is 0 Å². The first-order valence-electron chi connectivity index (χ1n) is 11.1. The second kappa shape index (κ2) is 11.8. The molecule has 0 aliphatic heterocycles. The highest BCUT2D eigenvalue weighted by Gasteiger charge is 2.19. The zero-order chi connectivity index (χ0) is 23.6. The Morgan fingerprint density at radius 1 is 1.12 bits per heavy atom. The number of aromatic nitrogens is 2. The van der Waals surface area contributed by atoms with Gasteiger partial charge in [0.05, 0.1) is 13.0 Å². The van der Waals surface area contributed by atoms with E-state index in [1.807, 2.05) is 42.6 Å². The third-order valence-corrected chi connectivity index (χ3v) is 5.64.